The summed E-state index contributed by atoms with van der Waals surface area (Å²) in [5.41, 5.74) is -0.188. The lowest BCUT2D eigenvalue weighted by Gasteiger charge is -2.40. The third-order valence-electron chi connectivity index (χ3n) is 9.21. The van der Waals surface area contributed by atoms with Crippen LogP contribution < -0.4 is 14.2 Å². The van der Waals surface area contributed by atoms with Crippen LogP contribution in [0.15, 0.2) is 42.5 Å². The summed E-state index contributed by atoms with van der Waals surface area (Å²) >= 11 is 0. The number of aliphatic hydroxyl groups excluding tert-OH is 8. The SMILES string of the molecule is O=C(O[C@H]1Cc2c(O[C@H]3O[C@H](CO)[C@@H](O)[C@H](O)[C@H]3O)cc(O)cc2O[C@H]1c1ccc(O)c(O[C@H]2O[C@H](CO)[C@@H](O)[C@H](O)[C@H]2O)c1)c1cc(O)c(O)c(O)c1. The van der Waals surface area contributed by atoms with Crippen LogP contribution in [-0.4, -0.2) is 153 Å². The van der Waals surface area contributed by atoms with E-state index in [-0.39, 0.29) is 34.8 Å². The fourth-order valence-electron chi connectivity index (χ4n) is 6.23. The van der Waals surface area contributed by atoms with Crippen LogP contribution in [0.2, 0.25) is 0 Å². The molecule has 3 aromatic carbocycles. The molecule has 0 saturated carbocycles. The smallest absolute Gasteiger partial charge is 0.338 e. The molecule has 12 atom stereocenters. The highest BCUT2D eigenvalue weighted by molar-refractivity contribution is 5.91. The Balaban J connectivity index is 1.36. The number of carbonyl (C=O) groups excluding carboxylic acids is 1. The molecule has 294 valence electrons. The summed E-state index contributed by atoms with van der Waals surface area (Å²) in [5, 5.41) is 132. The number of rotatable bonds is 9. The Hall–Kier alpha value is -4.87. The summed E-state index contributed by atoms with van der Waals surface area (Å²) in [5.74, 6) is -5.33. The second-order valence-corrected chi connectivity index (χ2v) is 12.8. The van der Waals surface area contributed by atoms with Gasteiger partial charge in [-0.15, -0.1) is 0 Å². The minimum Gasteiger partial charge on any atom is -0.508 e. The van der Waals surface area contributed by atoms with E-state index < -0.39 is 127 Å². The van der Waals surface area contributed by atoms with Crippen molar-refractivity contribution in [3.63, 3.8) is 0 Å². The number of benzene rings is 3. The topological polar surface area (TPSA) is 335 Å². The van der Waals surface area contributed by atoms with Gasteiger partial charge in [-0.3, -0.25) is 0 Å². The molecule has 0 aliphatic carbocycles. The van der Waals surface area contributed by atoms with Crippen LogP contribution in [0.25, 0.3) is 0 Å². The zero-order valence-corrected chi connectivity index (χ0v) is 27.8. The van der Waals surface area contributed by atoms with Crippen LogP contribution in [0.5, 0.6) is 46.0 Å². The Bertz CT molecular complexity index is 1810. The van der Waals surface area contributed by atoms with Crippen molar-refractivity contribution in [3.05, 3.63) is 59.2 Å². The number of aromatic hydroxyl groups is 5. The van der Waals surface area contributed by atoms with E-state index in [9.17, 15) is 71.2 Å². The summed E-state index contributed by atoms with van der Waals surface area (Å²) < 4.78 is 34.3. The van der Waals surface area contributed by atoms with Gasteiger partial charge in [0.15, 0.2) is 34.9 Å². The van der Waals surface area contributed by atoms with Crippen molar-refractivity contribution in [3.8, 4) is 46.0 Å². The highest BCUT2D eigenvalue weighted by Crippen LogP contribution is 2.46. The van der Waals surface area contributed by atoms with E-state index >= 15 is 0 Å². The number of hydrogen-bond donors (Lipinski definition) is 13. The fourth-order valence-corrected chi connectivity index (χ4v) is 6.23. The molecule has 3 aromatic rings. The van der Waals surface area contributed by atoms with Gasteiger partial charge in [-0.2, -0.15) is 0 Å². The highest BCUT2D eigenvalue weighted by Gasteiger charge is 2.47. The maximum Gasteiger partial charge on any atom is 0.338 e. The van der Waals surface area contributed by atoms with Crippen LogP contribution in [0, 0.1) is 0 Å². The van der Waals surface area contributed by atoms with Gasteiger partial charge in [0.2, 0.25) is 12.6 Å². The molecular weight excluding hydrogens is 728 g/mol. The first kappa shape index (κ1) is 38.8. The third kappa shape index (κ3) is 7.44. The quantitative estimate of drug-likeness (QED) is 0.0789. The minimum absolute atomic E-state index is 0.0729. The van der Waals surface area contributed by atoms with Gasteiger partial charge >= 0.3 is 5.97 Å². The Morgan fingerprint density at radius 1 is 0.667 bits per heavy atom. The number of ether oxygens (including phenoxy) is 6. The molecule has 20 nitrogen and oxygen atoms in total. The van der Waals surface area contributed by atoms with Crippen molar-refractivity contribution in [2.45, 2.75) is 80.0 Å². The Morgan fingerprint density at radius 3 is 1.78 bits per heavy atom. The van der Waals surface area contributed by atoms with Gasteiger partial charge in [0.05, 0.1) is 18.8 Å². The van der Waals surface area contributed by atoms with Crippen molar-refractivity contribution >= 4 is 5.97 Å². The number of phenolic OH excluding ortho intramolecular Hbond substituents is 5. The molecule has 3 aliphatic rings. The Morgan fingerprint density at radius 2 is 1.22 bits per heavy atom. The maximum atomic E-state index is 13.4. The van der Waals surface area contributed by atoms with Crippen molar-refractivity contribution in [2.75, 3.05) is 13.2 Å². The lowest BCUT2D eigenvalue weighted by molar-refractivity contribution is -0.277. The van der Waals surface area contributed by atoms with Crippen LogP contribution >= 0.6 is 0 Å². The number of carbonyl (C=O) groups is 1. The predicted molar refractivity (Wildman–Crippen MR) is 173 cm³/mol. The molecule has 54 heavy (non-hydrogen) atoms. The average molecular weight is 767 g/mol. The number of hydrogen-bond acceptors (Lipinski definition) is 20. The molecular formula is C34H38O20. The lowest BCUT2D eigenvalue weighted by Crippen LogP contribution is -2.60. The van der Waals surface area contributed by atoms with E-state index in [2.05, 4.69) is 0 Å². The Kier molecular flexibility index (Phi) is 11.1. The van der Waals surface area contributed by atoms with Crippen molar-refractivity contribution < 1.29 is 99.6 Å². The molecule has 0 aromatic heterocycles. The molecule has 20 heteroatoms. The first-order valence-electron chi connectivity index (χ1n) is 16.4. The average Bonchev–Trinajstić information content (AvgIpc) is 3.14. The molecule has 2 saturated heterocycles. The first-order chi connectivity index (χ1) is 25.6. The standard InChI is InChI=1S/C34H38O20/c35-9-22-25(42)27(44)29(46)33(53-22)51-19-7-13(37)6-18-14(19)8-21(50-32(48)12-3-16(39)24(41)17(40)4-12)31(49-18)11-1-2-15(38)20(5-11)52-34-30(47)28(45)26(43)23(10-36)54-34/h1-7,21-23,25-31,33-47H,8-10H2/t21-,22+,23+,25+,26+,27-,28-,29+,30+,31-,33-,34-/m0/s1. The third-order valence-corrected chi connectivity index (χ3v) is 9.21. The molecule has 3 heterocycles. The van der Waals surface area contributed by atoms with Gasteiger partial charge in [0.1, 0.15) is 72.2 Å². The zero-order valence-electron chi connectivity index (χ0n) is 27.8. The molecule has 0 spiro atoms. The van der Waals surface area contributed by atoms with Crippen LogP contribution in [0.3, 0.4) is 0 Å². The fraction of sp³-hybridized carbons (Fsp3) is 0.441. The maximum absolute atomic E-state index is 13.4. The van der Waals surface area contributed by atoms with E-state index in [0.717, 1.165) is 24.3 Å². The van der Waals surface area contributed by atoms with Crippen molar-refractivity contribution in [2.24, 2.45) is 0 Å². The van der Waals surface area contributed by atoms with Crippen LogP contribution in [0.4, 0.5) is 0 Å². The summed E-state index contributed by atoms with van der Waals surface area (Å²) in [6.45, 7) is -1.52. The summed E-state index contributed by atoms with van der Waals surface area (Å²) in [6, 6.07) is 7.57. The monoisotopic (exact) mass is 766 g/mol. The van der Waals surface area contributed by atoms with Gasteiger partial charge in [-0.1, -0.05) is 6.07 Å². The molecule has 3 aliphatic heterocycles. The molecule has 0 unspecified atom stereocenters. The highest BCUT2D eigenvalue weighted by atomic mass is 16.7. The molecule has 0 radical (unpaired) electrons. The van der Waals surface area contributed by atoms with Crippen LogP contribution in [-0.2, 0) is 20.6 Å². The second kappa shape index (κ2) is 15.5. The first-order valence-corrected chi connectivity index (χ1v) is 16.4. The van der Waals surface area contributed by atoms with Crippen molar-refractivity contribution in [1.29, 1.82) is 0 Å². The number of fused-ring (bicyclic) bond motifs is 1. The number of phenols is 5. The van der Waals surface area contributed by atoms with E-state index in [4.69, 9.17) is 28.4 Å². The zero-order chi connectivity index (χ0) is 39.2. The van der Waals surface area contributed by atoms with Gasteiger partial charge in [0, 0.05) is 29.7 Å². The molecule has 0 bridgehead atoms. The van der Waals surface area contributed by atoms with Crippen molar-refractivity contribution in [1.82, 2.24) is 0 Å². The van der Waals surface area contributed by atoms with Gasteiger partial charge in [-0.05, 0) is 24.3 Å². The Labute approximate surface area is 304 Å². The van der Waals surface area contributed by atoms with Gasteiger partial charge < -0.3 is 94.8 Å². The molecule has 2 fully saturated rings. The largest absolute Gasteiger partial charge is 0.508 e. The summed E-state index contributed by atoms with van der Waals surface area (Å²) in [4.78, 5) is 13.4. The molecule has 13 N–H and O–H groups in total. The predicted octanol–water partition coefficient (Wildman–Crippen LogP) is -2.53. The van der Waals surface area contributed by atoms with Gasteiger partial charge in [0.25, 0.3) is 0 Å². The van der Waals surface area contributed by atoms with E-state index in [1.807, 2.05) is 0 Å². The van der Waals surface area contributed by atoms with E-state index in [1.54, 1.807) is 0 Å². The number of esters is 1. The molecule has 6 rings (SSSR count). The van der Waals surface area contributed by atoms with E-state index in [0.29, 0.717) is 0 Å². The normalized spacial score (nSPS) is 32.2. The molecule has 0 amide bonds. The van der Waals surface area contributed by atoms with Gasteiger partial charge in [-0.25, -0.2) is 4.79 Å². The van der Waals surface area contributed by atoms with Crippen LogP contribution in [0.1, 0.15) is 27.6 Å². The number of aliphatic hydroxyl groups is 8. The van der Waals surface area contributed by atoms with E-state index in [1.165, 1.54) is 18.2 Å². The lowest BCUT2D eigenvalue weighted by atomic mass is 9.93. The summed E-state index contributed by atoms with van der Waals surface area (Å²) in [7, 11) is 0. The summed E-state index contributed by atoms with van der Waals surface area (Å²) in [6.07, 6.45) is -19.8. The minimum atomic E-state index is -1.85. The second-order valence-electron chi connectivity index (χ2n) is 12.8.